The van der Waals surface area contributed by atoms with Gasteiger partial charge in [-0.25, -0.2) is 9.97 Å². The van der Waals surface area contributed by atoms with E-state index in [1.54, 1.807) is 30.5 Å². The maximum atomic E-state index is 12.0. The second kappa shape index (κ2) is 7.35. The van der Waals surface area contributed by atoms with E-state index in [0.29, 0.717) is 29.0 Å². The van der Waals surface area contributed by atoms with Crippen LogP contribution in [0.15, 0.2) is 50.6 Å². The molecule has 0 aliphatic rings. The fraction of sp³-hybridized carbons (Fsp3) is 0.235. The Hall–Kier alpha value is -2.54. The summed E-state index contributed by atoms with van der Waals surface area (Å²) in [4.78, 5) is 20.8. The SMILES string of the molecule is Cc1cc(C)nc(SCc2ccc(C(=O)NCc3ccco3)o2)n1. The first-order chi connectivity index (χ1) is 11.6. The minimum absolute atomic E-state index is 0.273. The topological polar surface area (TPSA) is 81.2 Å². The van der Waals surface area contributed by atoms with E-state index < -0.39 is 0 Å². The van der Waals surface area contributed by atoms with E-state index in [9.17, 15) is 4.79 Å². The van der Waals surface area contributed by atoms with Gasteiger partial charge in [0.25, 0.3) is 5.91 Å². The predicted molar refractivity (Wildman–Crippen MR) is 89.7 cm³/mol. The molecule has 0 bridgehead atoms. The van der Waals surface area contributed by atoms with Crippen LogP contribution in [0.2, 0.25) is 0 Å². The van der Waals surface area contributed by atoms with Gasteiger partial charge in [-0.05, 0) is 44.2 Å². The van der Waals surface area contributed by atoms with Crippen LogP contribution in [0.4, 0.5) is 0 Å². The summed E-state index contributed by atoms with van der Waals surface area (Å²) in [6, 6.07) is 8.96. The van der Waals surface area contributed by atoms with E-state index in [2.05, 4.69) is 15.3 Å². The van der Waals surface area contributed by atoms with Crippen LogP contribution in [0.3, 0.4) is 0 Å². The Kier molecular flexibility index (Phi) is 5.00. The minimum atomic E-state index is -0.273. The molecule has 24 heavy (non-hydrogen) atoms. The summed E-state index contributed by atoms with van der Waals surface area (Å²) in [6.45, 7) is 4.20. The van der Waals surface area contributed by atoms with Gasteiger partial charge in [-0.3, -0.25) is 4.79 Å². The number of aromatic nitrogens is 2. The Morgan fingerprint density at radius 3 is 2.67 bits per heavy atom. The van der Waals surface area contributed by atoms with Gasteiger partial charge in [0, 0.05) is 11.4 Å². The van der Waals surface area contributed by atoms with Gasteiger partial charge in [0.15, 0.2) is 10.9 Å². The van der Waals surface area contributed by atoms with Gasteiger partial charge in [0.2, 0.25) is 0 Å². The quantitative estimate of drug-likeness (QED) is 0.545. The summed E-state index contributed by atoms with van der Waals surface area (Å²) in [5, 5.41) is 3.45. The van der Waals surface area contributed by atoms with Crippen LogP contribution in [-0.2, 0) is 12.3 Å². The molecule has 0 aliphatic carbocycles. The van der Waals surface area contributed by atoms with Crippen LogP contribution >= 0.6 is 11.8 Å². The maximum absolute atomic E-state index is 12.0. The number of nitrogens with one attached hydrogen (secondary N) is 1. The zero-order valence-corrected chi connectivity index (χ0v) is 14.2. The Morgan fingerprint density at radius 2 is 1.96 bits per heavy atom. The molecule has 1 N–H and O–H groups in total. The average molecular weight is 343 g/mol. The largest absolute Gasteiger partial charge is 0.467 e. The molecule has 0 aromatic carbocycles. The first-order valence-electron chi connectivity index (χ1n) is 7.44. The van der Waals surface area contributed by atoms with E-state index >= 15 is 0 Å². The van der Waals surface area contributed by atoms with Gasteiger partial charge < -0.3 is 14.2 Å². The van der Waals surface area contributed by atoms with Crippen molar-refractivity contribution in [3.8, 4) is 0 Å². The van der Waals surface area contributed by atoms with Crippen molar-refractivity contribution in [2.24, 2.45) is 0 Å². The number of thioether (sulfide) groups is 1. The molecule has 0 radical (unpaired) electrons. The second-order valence-corrected chi connectivity index (χ2v) is 6.19. The number of hydrogen-bond donors (Lipinski definition) is 1. The van der Waals surface area contributed by atoms with Crippen molar-refractivity contribution in [1.29, 1.82) is 0 Å². The highest BCUT2D eigenvalue weighted by molar-refractivity contribution is 7.98. The molecular weight excluding hydrogens is 326 g/mol. The monoisotopic (exact) mass is 343 g/mol. The molecule has 0 unspecified atom stereocenters. The van der Waals surface area contributed by atoms with Gasteiger partial charge in [-0.15, -0.1) is 0 Å². The number of nitrogens with zero attached hydrogens (tertiary/aromatic N) is 2. The first-order valence-corrected chi connectivity index (χ1v) is 8.43. The van der Waals surface area contributed by atoms with Crippen molar-refractivity contribution < 1.29 is 13.6 Å². The molecule has 3 aromatic heterocycles. The second-order valence-electron chi connectivity index (χ2n) is 5.25. The highest BCUT2D eigenvalue weighted by Crippen LogP contribution is 2.21. The summed E-state index contributed by atoms with van der Waals surface area (Å²) < 4.78 is 10.7. The van der Waals surface area contributed by atoms with Crippen LogP contribution in [0.1, 0.15) is 33.5 Å². The van der Waals surface area contributed by atoms with Gasteiger partial charge in [0.1, 0.15) is 11.5 Å². The molecule has 0 saturated heterocycles. The molecule has 1 amide bonds. The Balaban J connectivity index is 1.55. The smallest absolute Gasteiger partial charge is 0.287 e. The summed E-state index contributed by atoms with van der Waals surface area (Å²) in [7, 11) is 0. The van der Waals surface area contributed by atoms with Crippen LogP contribution < -0.4 is 5.32 Å². The lowest BCUT2D eigenvalue weighted by atomic mass is 10.4. The van der Waals surface area contributed by atoms with E-state index in [1.165, 1.54) is 11.8 Å². The molecule has 3 aromatic rings. The lowest BCUT2D eigenvalue weighted by Crippen LogP contribution is -2.21. The van der Waals surface area contributed by atoms with Gasteiger partial charge in [0.05, 0.1) is 18.6 Å². The Morgan fingerprint density at radius 1 is 1.17 bits per heavy atom. The summed E-state index contributed by atoms with van der Waals surface area (Å²) in [6.07, 6.45) is 1.57. The van der Waals surface area contributed by atoms with Crippen molar-refractivity contribution in [3.63, 3.8) is 0 Å². The maximum Gasteiger partial charge on any atom is 0.287 e. The number of amides is 1. The number of furan rings is 2. The van der Waals surface area contributed by atoms with Gasteiger partial charge in [-0.2, -0.15) is 0 Å². The molecule has 7 heteroatoms. The molecule has 124 valence electrons. The molecule has 0 saturated carbocycles. The average Bonchev–Trinajstić information content (AvgIpc) is 3.21. The highest BCUT2D eigenvalue weighted by Gasteiger charge is 2.12. The standard InChI is InChI=1S/C17H17N3O3S/c1-11-8-12(2)20-17(19-11)24-10-14-5-6-15(23-14)16(21)18-9-13-4-3-7-22-13/h3-8H,9-10H2,1-2H3,(H,18,21). The van der Waals surface area contributed by atoms with Gasteiger partial charge in [-0.1, -0.05) is 11.8 Å². The zero-order chi connectivity index (χ0) is 16.9. The number of aryl methyl sites for hydroxylation is 2. The van der Waals surface area contributed by atoms with Crippen molar-refractivity contribution in [2.45, 2.75) is 31.3 Å². The molecule has 3 rings (SSSR count). The lowest BCUT2D eigenvalue weighted by molar-refractivity contribution is 0.0919. The van der Waals surface area contributed by atoms with E-state index in [-0.39, 0.29) is 11.7 Å². The third kappa shape index (κ3) is 4.26. The van der Waals surface area contributed by atoms with Crippen molar-refractivity contribution >= 4 is 17.7 Å². The molecule has 3 heterocycles. The predicted octanol–water partition coefficient (Wildman–Crippen LogP) is 3.50. The van der Waals surface area contributed by atoms with Crippen LogP contribution in [-0.4, -0.2) is 15.9 Å². The molecule has 6 nitrogen and oxygen atoms in total. The third-order valence-corrected chi connectivity index (χ3v) is 4.06. The van der Waals surface area contributed by atoms with Crippen LogP contribution in [0, 0.1) is 13.8 Å². The van der Waals surface area contributed by atoms with Crippen molar-refractivity contribution in [1.82, 2.24) is 15.3 Å². The lowest BCUT2D eigenvalue weighted by Gasteiger charge is -2.02. The normalized spacial score (nSPS) is 10.8. The molecule has 0 atom stereocenters. The number of carbonyl (C=O) groups is 1. The first kappa shape index (κ1) is 16.3. The summed E-state index contributed by atoms with van der Waals surface area (Å²) in [5.74, 6) is 1.96. The fourth-order valence-corrected chi connectivity index (χ4v) is 2.98. The van der Waals surface area contributed by atoms with Gasteiger partial charge >= 0.3 is 0 Å². The number of rotatable bonds is 6. The third-order valence-electron chi connectivity index (χ3n) is 3.19. The fourth-order valence-electron chi connectivity index (χ4n) is 2.14. The zero-order valence-electron chi connectivity index (χ0n) is 13.4. The van der Waals surface area contributed by atoms with E-state index in [0.717, 1.165) is 11.4 Å². The molecular formula is C17H17N3O3S. The Bertz CT molecular complexity index is 807. The van der Waals surface area contributed by atoms with Crippen LogP contribution in [0.5, 0.6) is 0 Å². The Labute approximate surface area is 143 Å². The highest BCUT2D eigenvalue weighted by atomic mass is 32.2. The molecule has 0 spiro atoms. The van der Waals surface area contributed by atoms with Crippen LogP contribution in [0.25, 0.3) is 0 Å². The summed E-state index contributed by atoms with van der Waals surface area (Å²) in [5.41, 5.74) is 1.87. The van der Waals surface area contributed by atoms with E-state index in [4.69, 9.17) is 8.83 Å². The number of hydrogen-bond acceptors (Lipinski definition) is 6. The minimum Gasteiger partial charge on any atom is -0.467 e. The molecule has 0 aliphatic heterocycles. The number of carbonyl (C=O) groups excluding carboxylic acids is 1. The van der Waals surface area contributed by atoms with Crippen molar-refractivity contribution in [2.75, 3.05) is 0 Å². The molecule has 0 fully saturated rings. The van der Waals surface area contributed by atoms with E-state index in [1.807, 2.05) is 19.9 Å². The summed E-state index contributed by atoms with van der Waals surface area (Å²) >= 11 is 1.48. The van der Waals surface area contributed by atoms with Crippen molar-refractivity contribution in [3.05, 3.63) is 65.3 Å².